The van der Waals surface area contributed by atoms with Gasteiger partial charge < -0.3 is 14.8 Å². The number of carbonyl (C=O) groups excluding carboxylic acids is 2. The summed E-state index contributed by atoms with van der Waals surface area (Å²) in [6.45, 7) is 7.14. The number of carbonyl (C=O) groups is 2. The fourth-order valence-electron chi connectivity index (χ4n) is 2.78. The summed E-state index contributed by atoms with van der Waals surface area (Å²) in [5.74, 6) is -0.105. The second kappa shape index (κ2) is 8.25. The Morgan fingerprint density at radius 3 is 2.60 bits per heavy atom. The molecular formula is C15H27NO4. The van der Waals surface area contributed by atoms with Crippen LogP contribution in [0.4, 0.5) is 0 Å². The molecule has 1 rings (SSSR count). The van der Waals surface area contributed by atoms with Gasteiger partial charge in [-0.05, 0) is 30.6 Å². The Bertz CT molecular complexity index is 330. The van der Waals surface area contributed by atoms with E-state index in [0.29, 0.717) is 30.9 Å². The second-order valence-electron chi connectivity index (χ2n) is 6.02. The number of rotatable bonds is 5. The highest BCUT2D eigenvalue weighted by molar-refractivity contribution is 6.32. The van der Waals surface area contributed by atoms with Crippen molar-refractivity contribution in [1.82, 2.24) is 5.32 Å². The third-order valence-electron chi connectivity index (χ3n) is 4.00. The minimum atomic E-state index is -0.772. The quantitative estimate of drug-likeness (QED) is 0.475. The lowest BCUT2D eigenvalue weighted by Crippen LogP contribution is -2.41. The summed E-state index contributed by atoms with van der Waals surface area (Å²) in [6.07, 6.45) is 2.93. The molecule has 0 spiro atoms. The number of ether oxygens (including phenoxy) is 2. The van der Waals surface area contributed by atoms with Gasteiger partial charge in [0.25, 0.3) is 0 Å². The Morgan fingerprint density at radius 1 is 1.30 bits per heavy atom. The number of hydrogen-bond acceptors (Lipinski definition) is 4. The molecule has 3 atom stereocenters. The first-order chi connectivity index (χ1) is 9.45. The second-order valence-corrected chi connectivity index (χ2v) is 6.02. The highest BCUT2D eigenvalue weighted by atomic mass is 16.5. The summed E-state index contributed by atoms with van der Waals surface area (Å²) in [6, 6.07) is 0. The van der Waals surface area contributed by atoms with Crippen molar-refractivity contribution in [2.75, 3.05) is 20.3 Å². The average Bonchev–Trinajstić information content (AvgIpc) is 2.38. The van der Waals surface area contributed by atoms with E-state index in [2.05, 4.69) is 26.1 Å². The van der Waals surface area contributed by atoms with Crippen molar-refractivity contribution in [3.8, 4) is 0 Å². The van der Waals surface area contributed by atoms with E-state index in [0.717, 1.165) is 19.3 Å². The molecule has 5 nitrogen and oxygen atoms in total. The van der Waals surface area contributed by atoms with Crippen LogP contribution in [0.1, 0.15) is 40.0 Å². The third kappa shape index (κ3) is 5.12. The van der Waals surface area contributed by atoms with E-state index in [1.54, 1.807) is 7.11 Å². The zero-order valence-corrected chi connectivity index (χ0v) is 13.0. The standard InChI is InChI=1S/C15H27NO4/c1-10(2)12-6-5-11(3)9-13(12)20-15(18)14(17)16-7-8-19-4/h10-13H,5-9H2,1-4H3,(H,16,17). The van der Waals surface area contributed by atoms with Gasteiger partial charge in [-0.25, -0.2) is 4.79 Å². The molecule has 1 N–H and O–H groups in total. The Labute approximate surface area is 121 Å². The van der Waals surface area contributed by atoms with Crippen molar-refractivity contribution in [3.05, 3.63) is 0 Å². The maximum atomic E-state index is 11.8. The maximum absolute atomic E-state index is 11.8. The molecule has 1 aliphatic rings. The minimum Gasteiger partial charge on any atom is -0.455 e. The Kier molecular flexibility index (Phi) is 6.99. The molecule has 1 amide bonds. The molecule has 0 aromatic carbocycles. The molecule has 1 aliphatic carbocycles. The minimum absolute atomic E-state index is 0.139. The number of nitrogens with one attached hydrogen (secondary N) is 1. The zero-order valence-electron chi connectivity index (χ0n) is 13.0. The smallest absolute Gasteiger partial charge is 0.397 e. The summed E-state index contributed by atoms with van der Waals surface area (Å²) in [5, 5.41) is 2.49. The van der Waals surface area contributed by atoms with Crippen LogP contribution < -0.4 is 5.32 Å². The van der Waals surface area contributed by atoms with Crippen molar-refractivity contribution in [3.63, 3.8) is 0 Å². The van der Waals surface area contributed by atoms with E-state index in [1.807, 2.05) is 0 Å². The van der Waals surface area contributed by atoms with Crippen LogP contribution in [-0.4, -0.2) is 38.2 Å². The van der Waals surface area contributed by atoms with Crippen LogP contribution in [-0.2, 0) is 19.1 Å². The summed E-state index contributed by atoms with van der Waals surface area (Å²) in [5.41, 5.74) is 0. The molecular weight excluding hydrogens is 258 g/mol. The van der Waals surface area contributed by atoms with Crippen LogP contribution >= 0.6 is 0 Å². The van der Waals surface area contributed by atoms with E-state index in [-0.39, 0.29) is 6.10 Å². The SMILES string of the molecule is COCCNC(=O)C(=O)OC1CC(C)CCC1C(C)C. The van der Waals surface area contributed by atoms with E-state index >= 15 is 0 Å². The van der Waals surface area contributed by atoms with Gasteiger partial charge in [-0.1, -0.05) is 27.2 Å². The molecule has 3 unspecified atom stereocenters. The van der Waals surface area contributed by atoms with Crippen molar-refractivity contribution < 1.29 is 19.1 Å². The predicted octanol–water partition coefficient (Wildman–Crippen LogP) is 1.75. The van der Waals surface area contributed by atoms with E-state index in [4.69, 9.17) is 9.47 Å². The molecule has 0 radical (unpaired) electrons. The lowest BCUT2D eigenvalue weighted by atomic mass is 9.75. The fraction of sp³-hybridized carbons (Fsp3) is 0.867. The van der Waals surface area contributed by atoms with Crippen LogP contribution in [0.3, 0.4) is 0 Å². The molecule has 116 valence electrons. The number of hydrogen-bond donors (Lipinski definition) is 1. The molecule has 20 heavy (non-hydrogen) atoms. The Balaban J connectivity index is 2.50. The highest BCUT2D eigenvalue weighted by Crippen LogP contribution is 2.35. The van der Waals surface area contributed by atoms with Gasteiger partial charge in [0.1, 0.15) is 6.10 Å². The predicted molar refractivity (Wildman–Crippen MR) is 76.1 cm³/mol. The van der Waals surface area contributed by atoms with Crippen LogP contribution in [0, 0.1) is 17.8 Å². The van der Waals surface area contributed by atoms with Gasteiger partial charge >= 0.3 is 11.9 Å². The van der Waals surface area contributed by atoms with Crippen molar-refractivity contribution in [2.45, 2.75) is 46.1 Å². The molecule has 1 fully saturated rings. The van der Waals surface area contributed by atoms with Gasteiger partial charge in [0, 0.05) is 13.7 Å². The van der Waals surface area contributed by atoms with Gasteiger partial charge in [-0.2, -0.15) is 0 Å². The molecule has 5 heteroatoms. The molecule has 0 aromatic rings. The van der Waals surface area contributed by atoms with E-state index in [9.17, 15) is 9.59 Å². The summed E-state index contributed by atoms with van der Waals surface area (Å²) in [4.78, 5) is 23.4. The van der Waals surface area contributed by atoms with Gasteiger partial charge in [0.2, 0.25) is 0 Å². The van der Waals surface area contributed by atoms with Gasteiger partial charge in [-0.3, -0.25) is 4.79 Å². The third-order valence-corrected chi connectivity index (χ3v) is 4.00. The zero-order chi connectivity index (χ0) is 15.1. The molecule has 1 saturated carbocycles. The average molecular weight is 285 g/mol. The largest absolute Gasteiger partial charge is 0.455 e. The first-order valence-electron chi connectivity index (χ1n) is 7.43. The van der Waals surface area contributed by atoms with Crippen LogP contribution in [0.5, 0.6) is 0 Å². The van der Waals surface area contributed by atoms with Gasteiger partial charge in [0.05, 0.1) is 6.61 Å². The molecule has 0 heterocycles. The topological polar surface area (TPSA) is 64.6 Å². The molecule has 0 aliphatic heterocycles. The van der Waals surface area contributed by atoms with Crippen molar-refractivity contribution in [2.24, 2.45) is 17.8 Å². The number of esters is 1. The van der Waals surface area contributed by atoms with Crippen molar-refractivity contribution >= 4 is 11.9 Å². The van der Waals surface area contributed by atoms with E-state index < -0.39 is 11.9 Å². The normalized spacial score (nSPS) is 26.4. The van der Waals surface area contributed by atoms with Crippen LogP contribution in [0.2, 0.25) is 0 Å². The van der Waals surface area contributed by atoms with E-state index in [1.165, 1.54) is 0 Å². The highest BCUT2D eigenvalue weighted by Gasteiger charge is 2.34. The number of amides is 1. The fourth-order valence-corrected chi connectivity index (χ4v) is 2.78. The Morgan fingerprint density at radius 2 is 2.00 bits per heavy atom. The molecule has 0 aromatic heterocycles. The Hall–Kier alpha value is -1.10. The van der Waals surface area contributed by atoms with Gasteiger partial charge in [0.15, 0.2) is 0 Å². The maximum Gasteiger partial charge on any atom is 0.397 e. The first kappa shape index (κ1) is 17.0. The number of methoxy groups -OCH3 is 1. The summed E-state index contributed by atoms with van der Waals surface area (Å²) < 4.78 is 10.3. The first-order valence-corrected chi connectivity index (χ1v) is 7.43. The molecule has 0 bridgehead atoms. The van der Waals surface area contributed by atoms with Crippen LogP contribution in [0.15, 0.2) is 0 Å². The molecule has 0 saturated heterocycles. The summed E-state index contributed by atoms with van der Waals surface area (Å²) >= 11 is 0. The lowest BCUT2D eigenvalue weighted by molar-refractivity contribution is -0.164. The monoisotopic (exact) mass is 285 g/mol. The van der Waals surface area contributed by atoms with Crippen LogP contribution in [0.25, 0.3) is 0 Å². The lowest BCUT2D eigenvalue weighted by Gasteiger charge is -2.36. The van der Waals surface area contributed by atoms with Gasteiger partial charge in [-0.15, -0.1) is 0 Å². The summed E-state index contributed by atoms with van der Waals surface area (Å²) in [7, 11) is 1.54. The van der Waals surface area contributed by atoms with Crippen molar-refractivity contribution in [1.29, 1.82) is 0 Å².